The first-order valence-corrected chi connectivity index (χ1v) is 9.15. The van der Waals surface area contributed by atoms with E-state index >= 15 is 0 Å². The fourth-order valence-corrected chi connectivity index (χ4v) is 4.34. The maximum Gasteiger partial charge on any atom is 0.273 e. The largest absolute Gasteiger partial charge is 0.495 e. The van der Waals surface area contributed by atoms with Crippen LogP contribution < -0.4 is 10.2 Å². The van der Waals surface area contributed by atoms with Gasteiger partial charge in [-0.25, -0.2) is 5.43 Å². The molecule has 0 radical (unpaired) electrons. The van der Waals surface area contributed by atoms with Crippen molar-refractivity contribution in [3.8, 4) is 5.75 Å². The SMILES string of the molecule is COc1c(I)cc(/C=N/NC(=O)Cc2ccccc2[N+](=O)[O-])cc1I. The third-order valence-electron chi connectivity index (χ3n) is 3.17. The van der Waals surface area contributed by atoms with Crippen molar-refractivity contribution in [3.63, 3.8) is 0 Å². The molecule has 0 spiro atoms. The molecule has 2 aromatic carbocycles. The molecule has 0 saturated heterocycles. The van der Waals surface area contributed by atoms with Crippen LogP contribution in [-0.4, -0.2) is 24.2 Å². The number of nitro groups is 1. The van der Waals surface area contributed by atoms with Gasteiger partial charge in [-0.1, -0.05) is 18.2 Å². The second-order valence-corrected chi connectivity index (χ2v) is 7.20. The summed E-state index contributed by atoms with van der Waals surface area (Å²) in [6.45, 7) is 0. The van der Waals surface area contributed by atoms with Gasteiger partial charge >= 0.3 is 0 Å². The number of nitrogens with one attached hydrogen (secondary N) is 1. The van der Waals surface area contributed by atoms with Gasteiger partial charge in [0.15, 0.2) is 0 Å². The predicted molar refractivity (Wildman–Crippen MR) is 111 cm³/mol. The predicted octanol–water partition coefficient (Wildman–Crippen LogP) is 3.51. The minimum atomic E-state index is -0.507. The van der Waals surface area contributed by atoms with Crippen LogP contribution in [0.3, 0.4) is 0 Å². The van der Waals surface area contributed by atoms with Crippen LogP contribution in [0.1, 0.15) is 11.1 Å². The Kier molecular flexibility index (Phi) is 7.11. The lowest BCUT2D eigenvalue weighted by atomic mass is 10.1. The van der Waals surface area contributed by atoms with E-state index in [0.29, 0.717) is 5.56 Å². The molecule has 0 aliphatic carbocycles. The van der Waals surface area contributed by atoms with E-state index in [1.165, 1.54) is 12.3 Å². The molecule has 7 nitrogen and oxygen atoms in total. The zero-order chi connectivity index (χ0) is 18.4. The van der Waals surface area contributed by atoms with E-state index < -0.39 is 10.8 Å². The van der Waals surface area contributed by atoms with E-state index in [9.17, 15) is 14.9 Å². The highest BCUT2D eigenvalue weighted by Crippen LogP contribution is 2.28. The molecule has 2 rings (SSSR count). The van der Waals surface area contributed by atoms with Crippen molar-refractivity contribution in [2.24, 2.45) is 5.10 Å². The standard InChI is InChI=1S/C16H13I2N3O4/c1-25-16-12(17)6-10(7-13(16)18)9-19-20-15(22)8-11-4-2-3-5-14(11)21(23)24/h2-7,9H,8H2,1H3,(H,20,22)/b19-9+. The average Bonchev–Trinajstić information content (AvgIpc) is 2.55. The van der Waals surface area contributed by atoms with E-state index in [-0.39, 0.29) is 12.1 Å². The highest BCUT2D eigenvalue weighted by atomic mass is 127. The van der Waals surface area contributed by atoms with Crippen LogP contribution in [0.5, 0.6) is 5.75 Å². The zero-order valence-corrected chi connectivity index (χ0v) is 17.3. The molecule has 0 aromatic heterocycles. The van der Waals surface area contributed by atoms with Gasteiger partial charge in [-0.05, 0) is 62.9 Å². The number of para-hydroxylation sites is 1. The van der Waals surface area contributed by atoms with Crippen molar-refractivity contribution in [3.05, 3.63) is 64.8 Å². The van der Waals surface area contributed by atoms with Crippen LogP contribution >= 0.6 is 45.2 Å². The van der Waals surface area contributed by atoms with Crippen molar-refractivity contribution in [1.29, 1.82) is 0 Å². The van der Waals surface area contributed by atoms with Gasteiger partial charge in [0.25, 0.3) is 5.69 Å². The molecule has 0 heterocycles. The van der Waals surface area contributed by atoms with Crippen LogP contribution in [0.4, 0.5) is 5.69 Å². The van der Waals surface area contributed by atoms with Gasteiger partial charge < -0.3 is 4.74 Å². The maximum atomic E-state index is 11.9. The topological polar surface area (TPSA) is 93.8 Å². The minimum Gasteiger partial charge on any atom is -0.495 e. The highest BCUT2D eigenvalue weighted by Gasteiger charge is 2.15. The fraction of sp³-hybridized carbons (Fsp3) is 0.125. The van der Waals surface area contributed by atoms with Crippen LogP contribution in [0.15, 0.2) is 41.5 Å². The van der Waals surface area contributed by atoms with Crippen LogP contribution in [0, 0.1) is 17.3 Å². The summed E-state index contributed by atoms with van der Waals surface area (Å²) in [6, 6.07) is 9.88. The lowest BCUT2D eigenvalue weighted by Crippen LogP contribution is -2.20. The van der Waals surface area contributed by atoms with Gasteiger partial charge in [-0.15, -0.1) is 0 Å². The molecule has 0 fully saturated rings. The second kappa shape index (κ2) is 9.08. The molecule has 9 heteroatoms. The molecule has 0 unspecified atom stereocenters. The Morgan fingerprint density at radius 2 is 1.96 bits per heavy atom. The van der Waals surface area contributed by atoms with Gasteiger partial charge in [0.1, 0.15) is 5.75 Å². The van der Waals surface area contributed by atoms with Crippen LogP contribution in [0.2, 0.25) is 0 Å². The van der Waals surface area contributed by atoms with E-state index in [2.05, 4.69) is 55.7 Å². The van der Waals surface area contributed by atoms with Crippen molar-refractivity contribution in [1.82, 2.24) is 5.43 Å². The van der Waals surface area contributed by atoms with Crippen molar-refractivity contribution >= 4 is 63.0 Å². The fourth-order valence-electron chi connectivity index (χ4n) is 2.08. The molecule has 1 N–H and O–H groups in total. The van der Waals surface area contributed by atoms with Crippen LogP contribution in [0.25, 0.3) is 0 Å². The van der Waals surface area contributed by atoms with Crippen molar-refractivity contribution in [2.75, 3.05) is 7.11 Å². The van der Waals surface area contributed by atoms with E-state index in [1.54, 1.807) is 25.3 Å². The number of hydrogen-bond donors (Lipinski definition) is 1. The molecule has 130 valence electrons. The third-order valence-corrected chi connectivity index (χ3v) is 4.77. The zero-order valence-electron chi connectivity index (χ0n) is 13.0. The summed E-state index contributed by atoms with van der Waals surface area (Å²) >= 11 is 4.32. The summed E-state index contributed by atoms with van der Waals surface area (Å²) in [5.41, 5.74) is 3.45. The Morgan fingerprint density at radius 1 is 1.32 bits per heavy atom. The molecular weight excluding hydrogens is 552 g/mol. The summed E-state index contributed by atoms with van der Waals surface area (Å²) in [5.74, 6) is 0.363. The average molecular weight is 565 g/mol. The minimum absolute atomic E-state index is 0.0825. The molecule has 2 aromatic rings. The van der Waals surface area contributed by atoms with E-state index in [0.717, 1.165) is 18.5 Å². The quantitative estimate of drug-likeness (QED) is 0.251. The summed E-state index contributed by atoms with van der Waals surface area (Å²) < 4.78 is 7.15. The highest BCUT2D eigenvalue weighted by molar-refractivity contribution is 14.1. The molecule has 0 saturated carbocycles. The number of carbonyl (C=O) groups excluding carboxylic acids is 1. The van der Waals surface area contributed by atoms with Gasteiger partial charge in [-0.2, -0.15) is 5.10 Å². The smallest absolute Gasteiger partial charge is 0.273 e. The summed E-state index contributed by atoms with van der Waals surface area (Å²) in [6.07, 6.45) is 1.40. The number of hydrazone groups is 1. The first-order chi connectivity index (χ1) is 11.9. The number of hydrogen-bond acceptors (Lipinski definition) is 5. The molecule has 0 aliphatic rings. The van der Waals surface area contributed by atoms with Crippen molar-refractivity contribution < 1.29 is 14.5 Å². The number of halogens is 2. The van der Waals surface area contributed by atoms with Gasteiger partial charge in [0.2, 0.25) is 5.91 Å². The first kappa shape index (κ1) is 19.6. The molecule has 0 bridgehead atoms. The number of benzene rings is 2. The number of nitrogens with zero attached hydrogens (tertiary/aromatic N) is 2. The van der Waals surface area contributed by atoms with E-state index in [4.69, 9.17) is 4.74 Å². The maximum absolute atomic E-state index is 11.9. The third kappa shape index (κ3) is 5.36. The lowest BCUT2D eigenvalue weighted by Gasteiger charge is -2.07. The Labute approximate surface area is 171 Å². The number of ether oxygens (including phenoxy) is 1. The Bertz CT molecular complexity index is 817. The number of amides is 1. The summed E-state index contributed by atoms with van der Waals surface area (Å²) in [5, 5.41) is 14.9. The van der Waals surface area contributed by atoms with Gasteiger partial charge in [0.05, 0.1) is 31.8 Å². The number of carbonyl (C=O) groups is 1. The molecule has 25 heavy (non-hydrogen) atoms. The number of methoxy groups -OCH3 is 1. The molecule has 1 amide bonds. The van der Waals surface area contributed by atoms with E-state index in [1.807, 2.05) is 12.1 Å². The molecule has 0 atom stereocenters. The van der Waals surface area contributed by atoms with Gasteiger partial charge in [0, 0.05) is 11.6 Å². The summed E-state index contributed by atoms with van der Waals surface area (Å²) in [7, 11) is 1.61. The normalized spacial score (nSPS) is 10.7. The molecule has 0 aliphatic heterocycles. The molecular formula is C16H13I2N3O4. The Morgan fingerprint density at radius 3 is 2.56 bits per heavy atom. The summed E-state index contributed by atoms with van der Waals surface area (Å²) in [4.78, 5) is 22.4. The Hall–Kier alpha value is -1.76. The second-order valence-electron chi connectivity index (χ2n) is 4.87. The lowest BCUT2D eigenvalue weighted by molar-refractivity contribution is -0.385. The Balaban J connectivity index is 2.03. The number of nitro benzene ring substituents is 1. The monoisotopic (exact) mass is 565 g/mol. The first-order valence-electron chi connectivity index (χ1n) is 6.99. The van der Waals surface area contributed by atoms with Crippen molar-refractivity contribution in [2.45, 2.75) is 6.42 Å². The number of rotatable bonds is 6. The van der Waals surface area contributed by atoms with Crippen LogP contribution in [-0.2, 0) is 11.2 Å². The van der Waals surface area contributed by atoms with Gasteiger partial charge in [-0.3, -0.25) is 14.9 Å².